The number of carbonyl (C=O) groups excluding carboxylic acids is 2. The van der Waals surface area contributed by atoms with Gasteiger partial charge in [-0.25, -0.2) is 0 Å². The molecule has 3 rings (SSSR count). The molecule has 0 aliphatic heterocycles. The number of nitrogens with zero attached hydrogens (tertiary/aromatic N) is 3. The summed E-state index contributed by atoms with van der Waals surface area (Å²) in [6, 6.07) is 13.6. The van der Waals surface area contributed by atoms with Crippen molar-refractivity contribution >= 4 is 17.5 Å². The third-order valence-corrected chi connectivity index (χ3v) is 3.83. The summed E-state index contributed by atoms with van der Waals surface area (Å²) >= 11 is 0. The van der Waals surface area contributed by atoms with Gasteiger partial charge in [0.1, 0.15) is 5.75 Å². The lowest BCUT2D eigenvalue weighted by Gasteiger charge is -2.13. The summed E-state index contributed by atoms with van der Waals surface area (Å²) in [5.41, 5.74) is 1.35. The molecule has 1 aromatic heterocycles. The first-order chi connectivity index (χ1) is 13.4. The predicted octanol–water partition coefficient (Wildman–Crippen LogP) is 2.91. The highest BCUT2D eigenvalue weighted by atomic mass is 16.5. The molecule has 0 spiro atoms. The summed E-state index contributed by atoms with van der Waals surface area (Å²) in [7, 11) is 3.35. The Labute approximate surface area is 162 Å². The van der Waals surface area contributed by atoms with Gasteiger partial charge in [0.25, 0.3) is 11.8 Å². The molecule has 0 unspecified atom stereocenters. The third kappa shape index (κ3) is 4.53. The molecule has 8 nitrogen and oxygen atoms in total. The molecule has 0 aliphatic rings. The smallest absolute Gasteiger partial charge is 0.259 e. The molecule has 0 fully saturated rings. The molecule has 1 heterocycles. The average Bonchev–Trinajstić information content (AvgIpc) is 3.11. The van der Waals surface area contributed by atoms with Crippen LogP contribution in [0, 0.1) is 6.92 Å². The minimum Gasteiger partial charge on any atom is -0.485 e. The van der Waals surface area contributed by atoms with Gasteiger partial charge in [0.15, 0.2) is 6.61 Å². The van der Waals surface area contributed by atoms with Gasteiger partial charge in [-0.1, -0.05) is 23.4 Å². The van der Waals surface area contributed by atoms with Gasteiger partial charge in [0, 0.05) is 32.3 Å². The maximum absolute atomic E-state index is 12.7. The minimum absolute atomic E-state index is 0.0778. The van der Waals surface area contributed by atoms with Crippen molar-refractivity contribution in [2.75, 3.05) is 19.4 Å². The summed E-state index contributed by atoms with van der Waals surface area (Å²) in [5.74, 6) is 0.729. The molecular formula is C20H20N4O4. The highest BCUT2D eigenvalue weighted by Gasteiger charge is 2.15. The number of benzene rings is 2. The van der Waals surface area contributed by atoms with E-state index in [1.54, 1.807) is 69.6 Å². The molecule has 0 saturated heterocycles. The largest absolute Gasteiger partial charge is 0.485 e. The van der Waals surface area contributed by atoms with Crippen LogP contribution in [-0.2, 0) is 6.61 Å². The summed E-state index contributed by atoms with van der Waals surface area (Å²) < 4.78 is 10.6. The summed E-state index contributed by atoms with van der Waals surface area (Å²) in [4.78, 5) is 30.4. The number of aromatic nitrogens is 2. The maximum Gasteiger partial charge on any atom is 0.259 e. The summed E-state index contributed by atoms with van der Waals surface area (Å²) in [6.07, 6.45) is 0. The van der Waals surface area contributed by atoms with Gasteiger partial charge >= 0.3 is 0 Å². The zero-order valence-electron chi connectivity index (χ0n) is 15.8. The Hall–Kier alpha value is -3.68. The Morgan fingerprint density at radius 1 is 1.14 bits per heavy atom. The van der Waals surface area contributed by atoms with Crippen LogP contribution < -0.4 is 10.1 Å². The van der Waals surface area contributed by atoms with Crippen LogP contribution in [0.4, 0.5) is 5.69 Å². The van der Waals surface area contributed by atoms with Gasteiger partial charge in [-0.2, -0.15) is 4.98 Å². The maximum atomic E-state index is 12.7. The second-order valence-corrected chi connectivity index (χ2v) is 6.25. The van der Waals surface area contributed by atoms with E-state index >= 15 is 0 Å². The van der Waals surface area contributed by atoms with Gasteiger partial charge in [-0.05, 0) is 30.3 Å². The van der Waals surface area contributed by atoms with Crippen molar-refractivity contribution in [3.05, 3.63) is 71.4 Å². The number of carbonyl (C=O) groups is 2. The number of hydrogen-bond acceptors (Lipinski definition) is 6. The van der Waals surface area contributed by atoms with E-state index in [4.69, 9.17) is 9.26 Å². The molecule has 0 radical (unpaired) electrons. The van der Waals surface area contributed by atoms with Crippen LogP contribution in [-0.4, -0.2) is 41.0 Å². The zero-order chi connectivity index (χ0) is 20.1. The number of rotatable bonds is 6. The van der Waals surface area contributed by atoms with Crippen molar-refractivity contribution in [1.82, 2.24) is 15.0 Å². The van der Waals surface area contributed by atoms with E-state index in [2.05, 4.69) is 15.5 Å². The molecule has 2 aromatic carbocycles. The Balaban J connectivity index is 1.74. The molecular weight excluding hydrogens is 360 g/mol. The number of anilines is 1. The molecule has 0 bridgehead atoms. The topological polar surface area (TPSA) is 97.6 Å². The fourth-order valence-electron chi connectivity index (χ4n) is 2.51. The van der Waals surface area contributed by atoms with Crippen LogP contribution in [0.25, 0.3) is 0 Å². The lowest BCUT2D eigenvalue weighted by Crippen LogP contribution is -2.22. The molecule has 28 heavy (non-hydrogen) atoms. The van der Waals surface area contributed by atoms with E-state index in [-0.39, 0.29) is 18.4 Å². The van der Waals surface area contributed by atoms with Gasteiger partial charge in [0.2, 0.25) is 11.7 Å². The van der Waals surface area contributed by atoms with Crippen molar-refractivity contribution in [2.24, 2.45) is 0 Å². The van der Waals surface area contributed by atoms with Crippen molar-refractivity contribution < 1.29 is 18.8 Å². The highest BCUT2D eigenvalue weighted by molar-refractivity contribution is 6.06. The van der Waals surface area contributed by atoms with Gasteiger partial charge in [-0.3, -0.25) is 9.59 Å². The van der Waals surface area contributed by atoms with Gasteiger partial charge < -0.3 is 19.5 Å². The van der Waals surface area contributed by atoms with E-state index in [9.17, 15) is 9.59 Å². The molecule has 2 amide bonds. The monoisotopic (exact) mass is 380 g/mol. The quantitative estimate of drug-likeness (QED) is 0.706. The van der Waals surface area contributed by atoms with E-state index in [0.29, 0.717) is 34.3 Å². The normalized spacial score (nSPS) is 10.4. The predicted molar refractivity (Wildman–Crippen MR) is 102 cm³/mol. The van der Waals surface area contributed by atoms with Gasteiger partial charge in [-0.15, -0.1) is 0 Å². The first kappa shape index (κ1) is 19.1. The highest BCUT2D eigenvalue weighted by Crippen LogP contribution is 2.21. The van der Waals surface area contributed by atoms with Crippen molar-refractivity contribution in [2.45, 2.75) is 13.5 Å². The van der Waals surface area contributed by atoms with Crippen LogP contribution >= 0.6 is 0 Å². The Kier molecular flexibility index (Phi) is 5.69. The lowest BCUT2D eigenvalue weighted by molar-refractivity contribution is 0.0827. The Morgan fingerprint density at radius 2 is 1.93 bits per heavy atom. The lowest BCUT2D eigenvalue weighted by atomic mass is 10.1. The number of amides is 2. The first-order valence-corrected chi connectivity index (χ1v) is 8.58. The molecule has 3 aromatic rings. The van der Waals surface area contributed by atoms with Crippen molar-refractivity contribution in [1.29, 1.82) is 0 Å². The number of hydrogen-bond donors (Lipinski definition) is 1. The summed E-state index contributed by atoms with van der Waals surface area (Å²) in [5, 5.41) is 6.56. The van der Waals surface area contributed by atoms with E-state index < -0.39 is 0 Å². The fraction of sp³-hybridized carbons (Fsp3) is 0.200. The van der Waals surface area contributed by atoms with Crippen molar-refractivity contribution in [3.63, 3.8) is 0 Å². The Bertz CT molecular complexity index is 997. The molecule has 0 aliphatic carbocycles. The number of nitrogens with one attached hydrogen (secondary N) is 1. The average molecular weight is 380 g/mol. The van der Waals surface area contributed by atoms with E-state index in [0.717, 1.165) is 0 Å². The minimum atomic E-state index is -0.352. The fourth-order valence-corrected chi connectivity index (χ4v) is 2.51. The van der Waals surface area contributed by atoms with Crippen LogP contribution in [0.15, 0.2) is 53.1 Å². The van der Waals surface area contributed by atoms with Crippen LogP contribution in [0.1, 0.15) is 32.4 Å². The second kappa shape index (κ2) is 8.34. The summed E-state index contributed by atoms with van der Waals surface area (Å²) in [6.45, 7) is 1.77. The number of para-hydroxylation sites is 1. The first-order valence-electron chi connectivity index (χ1n) is 8.58. The molecule has 0 saturated carbocycles. The zero-order valence-corrected chi connectivity index (χ0v) is 15.8. The molecule has 8 heteroatoms. The van der Waals surface area contributed by atoms with E-state index in [1.807, 2.05) is 0 Å². The number of ether oxygens (including phenoxy) is 1. The van der Waals surface area contributed by atoms with Crippen molar-refractivity contribution in [3.8, 4) is 5.75 Å². The molecule has 0 atom stereocenters. The van der Waals surface area contributed by atoms with E-state index in [1.165, 1.54) is 4.90 Å². The Morgan fingerprint density at radius 3 is 2.64 bits per heavy atom. The van der Waals surface area contributed by atoms with Crippen LogP contribution in [0.5, 0.6) is 5.75 Å². The van der Waals surface area contributed by atoms with Crippen LogP contribution in [0.3, 0.4) is 0 Å². The molecule has 1 N–H and O–H groups in total. The molecule has 144 valence electrons. The standard InChI is InChI=1S/C20H20N4O4/c1-13-21-18(23-28-13)12-27-17-10-5-4-9-16(17)19(25)22-15-8-6-7-14(11-15)20(26)24(2)3/h4-11H,12H2,1-3H3,(H,22,25). The van der Waals surface area contributed by atoms with Gasteiger partial charge in [0.05, 0.1) is 5.56 Å². The third-order valence-electron chi connectivity index (χ3n) is 3.83. The SMILES string of the molecule is Cc1nc(COc2ccccc2C(=O)Nc2cccc(C(=O)N(C)C)c2)no1. The number of aryl methyl sites for hydroxylation is 1. The second-order valence-electron chi connectivity index (χ2n) is 6.25. The van der Waals surface area contributed by atoms with Crippen LogP contribution in [0.2, 0.25) is 0 Å².